The van der Waals surface area contributed by atoms with Gasteiger partial charge in [0.25, 0.3) is 0 Å². The zero-order chi connectivity index (χ0) is 18.9. The van der Waals surface area contributed by atoms with Crippen LogP contribution in [0.4, 0.5) is 10.5 Å². The quantitative estimate of drug-likeness (QED) is 0.761. The van der Waals surface area contributed by atoms with E-state index in [9.17, 15) is 9.90 Å². The number of hydrogen-bond acceptors (Lipinski definition) is 4. The molecule has 6 heteroatoms. The fraction of sp³-hybridized carbons (Fsp3) is 0.350. The number of amides is 2. The Balaban J connectivity index is 2.03. The number of nitrogens with zero attached hydrogens (tertiary/aromatic N) is 1. The third-order valence-corrected chi connectivity index (χ3v) is 3.81. The Hall–Kier alpha value is -2.57. The number of carbonyl (C=O) groups excluding carboxylic acids is 1. The molecule has 2 aromatic rings. The van der Waals surface area contributed by atoms with E-state index in [2.05, 4.69) is 5.32 Å². The number of urea groups is 1. The van der Waals surface area contributed by atoms with E-state index in [1.165, 1.54) is 12.0 Å². The number of hydrogen-bond donors (Lipinski definition) is 2. The van der Waals surface area contributed by atoms with Crippen molar-refractivity contribution in [1.29, 1.82) is 0 Å². The fourth-order valence-corrected chi connectivity index (χ4v) is 2.44. The van der Waals surface area contributed by atoms with Crippen LogP contribution in [0, 0.1) is 6.92 Å². The topological polar surface area (TPSA) is 71.0 Å². The highest BCUT2D eigenvalue weighted by atomic mass is 16.5. The summed E-state index contributed by atoms with van der Waals surface area (Å²) >= 11 is 0. The molecule has 2 rings (SSSR count). The standard InChI is InChI=1S/C20H26N2O4/c1-15-9-10-18(21-20(24)22(2)12-17(23)14-25-3)19(11-15)26-13-16-7-5-4-6-8-16/h4-11,17,23H,12-14H2,1-3H3,(H,21,24). The first-order valence-electron chi connectivity index (χ1n) is 8.46. The van der Waals surface area contributed by atoms with Crippen LogP contribution in [0.5, 0.6) is 5.75 Å². The summed E-state index contributed by atoms with van der Waals surface area (Å²) in [6.45, 7) is 2.73. The Bertz CT molecular complexity index is 706. The van der Waals surface area contributed by atoms with E-state index in [1.54, 1.807) is 7.05 Å². The number of ether oxygens (including phenoxy) is 2. The molecule has 6 nitrogen and oxygen atoms in total. The van der Waals surface area contributed by atoms with Crippen molar-refractivity contribution < 1.29 is 19.4 Å². The van der Waals surface area contributed by atoms with Crippen LogP contribution in [0.15, 0.2) is 48.5 Å². The van der Waals surface area contributed by atoms with Gasteiger partial charge in [-0.25, -0.2) is 4.79 Å². The van der Waals surface area contributed by atoms with Crippen LogP contribution in [0.1, 0.15) is 11.1 Å². The fourth-order valence-electron chi connectivity index (χ4n) is 2.44. The van der Waals surface area contributed by atoms with Gasteiger partial charge in [-0.2, -0.15) is 0 Å². The molecule has 0 aliphatic carbocycles. The van der Waals surface area contributed by atoms with Crippen molar-refractivity contribution >= 4 is 11.7 Å². The summed E-state index contributed by atoms with van der Waals surface area (Å²) in [4.78, 5) is 13.8. The molecule has 0 fully saturated rings. The predicted octanol–water partition coefficient (Wildman–Crippen LogP) is 3.05. The van der Waals surface area contributed by atoms with Crippen LogP contribution >= 0.6 is 0 Å². The van der Waals surface area contributed by atoms with Gasteiger partial charge in [0.15, 0.2) is 0 Å². The van der Waals surface area contributed by atoms with Crippen LogP contribution in [-0.4, -0.2) is 49.5 Å². The third kappa shape index (κ3) is 6.06. The van der Waals surface area contributed by atoms with Crippen molar-refractivity contribution in [2.45, 2.75) is 19.6 Å². The lowest BCUT2D eigenvalue weighted by atomic mass is 10.2. The first-order chi connectivity index (χ1) is 12.5. The highest BCUT2D eigenvalue weighted by Gasteiger charge is 2.15. The molecule has 140 valence electrons. The molecule has 0 saturated heterocycles. The summed E-state index contributed by atoms with van der Waals surface area (Å²) in [6, 6.07) is 15.1. The second kappa shape index (κ2) is 9.79. The lowest BCUT2D eigenvalue weighted by molar-refractivity contribution is 0.0501. The molecule has 0 heterocycles. The number of nitrogens with one attached hydrogen (secondary N) is 1. The summed E-state index contributed by atoms with van der Waals surface area (Å²) in [6.07, 6.45) is -0.734. The van der Waals surface area contributed by atoms with E-state index < -0.39 is 6.10 Å². The second-order valence-electron chi connectivity index (χ2n) is 6.19. The Morgan fingerprint density at radius 1 is 1.23 bits per heavy atom. The SMILES string of the molecule is COCC(O)CN(C)C(=O)Nc1ccc(C)cc1OCc1ccccc1. The largest absolute Gasteiger partial charge is 0.487 e. The third-order valence-electron chi connectivity index (χ3n) is 3.81. The summed E-state index contributed by atoms with van der Waals surface area (Å²) in [5.41, 5.74) is 2.67. The maximum atomic E-state index is 12.4. The maximum absolute atomic E-state index is 12.4. The summed E-state index contributed by atoms with van der Waals surface area (Å²) in [7, 11) is 3.12. The average molecular weight is 358 g/mol. The van der Waals surface area contributed by atoms with Gasteiger partial charge in [-0.1, -0.05) is 36.4 Å². The highest BCUT2D eigenvalue weighted by molar-refractivity contribution is 5.90. The predicted molar refractivity (Wildman–Crippen MR) is 101 cm³/mol. The number of aryl methyl sites for hydroxylation is 1. The van der Waals surface area contributed by atoms with Crippen molar-refractivity contribution in [3.8, 4) is 5.75 Å². The molecule has 2 N–H and O–H groups in total. The highest BCUT2D eigenvalue weighted by Crippen LogP contribution is 2.27. The minimum Gasteiger partial charge on any atom is -0.487 e. The number of anilines is 1. The van der Waals surface area contributed by atoms with Gasteiger partial charge < -0.3 is 24.8 Å². The molecule has 0 aromatic heterocycles. The molecule has 0 spiro atoms. The lowest BCUT2D eigenvalue weighted by Crippen LogP contribution is -2.38. The number of methoxy groups -OCH3 is 1. The normalized spacial score (nSPS) is 11.7. The molecule has 0 saturated carbocycles. The monoisotopic (exact) mass is 358 g/mol. The van der Waals surface area contributed by atoms with Gasteiger partial charge in [0, 0.05) is 14.2 Å². The molecule has 1 unspecified atom stereocenters. The minimum atomic E-state index is -0.734. The van der Waals surface area contributed by atoms with E-state index in [0.29, 0.717) is 18.0 Å². The van der Waals surface area contributed by atoms with Crippen molar-refractivity contribution in [2.24, 2.45) is 0 Å². The van der Waals surface area contributed by atoms with Gasteiger partial charge in [0.1, 0.15) is 12.4 Å². The Morgan fingerprint density at radius 2 is 1.96 bits per heavy atom. The van der Waals surface area contributed by atoms with Gasteiger partial charge in [-0.15, -0.1) is 0 Å². The van der Waals surface area contributed by atoms with Crippen LogP contribution < -0.4 is 10.1 Å². The molecule has 2 aromatic carbocycles. The maximum Gasteiger partial charge on any atom is 0.321 e. The lowest BCUT2D eigenvalue weighted by Gasteiger charge is -2.22. The average Bonchev–Trinajstić information content (AvgIpc) is 2.62. The van der Waals surface area contributed by atoms with Gasteiger partial charge in [-0.3, -0.25) is 0 Å². The number of likely N-dealkylation sites (N-methyl/N-ethyl adjacent to an activating group) is 1. The minimum absolute atomic E-state index is 0.172. The van der Waals surface area contributed by atoms with E-state index in [0.717, 1.165) is 11.1 Å². The Morgan fingerprint density at radius 3 is 2.65 bits per heavy atom. The van der Waals surface area contributed by atoms with Gasteiger partial charge in [-0.05, 0) is 30.2 Å². The Kier molecular flexibility index (Phi) is 7.44. The molecule has 0 aliphatic rings. The first kappa shape index (κ1) is 19.8. The van der Waals surface area contributed by atoms with Crippen LogP contribution in [0.2, 0.25) is 0 Å². The van der Waals surface area contributed by atoms with E-state index in [4.69, 9.17) is 9.47 Å². The zero-order valence-electron chi connectivity index (χ0n) is 15.4. The molecular formula is C20H26N2O4. The van der Waals surface area contributed by atoms with E-state index in [1.807, 2.05) is 55.5 Å². The molecular weight excluding hydrogens is 332 g/mol. The molecule has 0 aliphatic heterocycles. The van der Waals surface area contributed by atoms with Crippen molar-refractivity contribution in [1.82, 2.24) is 4.90 Å². The van der Waals surface area contributed by atoms with Gasteiger partial charge in [0.05, 0.1) is 24.9 Å². The summed E-state index contributed by atoms with van der Waals surface area (Å²) < 4.78 is 10.8. The smallest absolute Gasteiger partial charge is 0.321 e. The van der Waals surface area contributed by atoms with Crippen molar-refractivity contribution in [2.75, 3.05) is 32.6 Å². The van der Waals surface area contributed by atoms with Crippen molar-refractivity contribution in [3.63, 3.8) is 0 Å². The van der Waals surface area contributed by atoms with Crippen LogP contribution in [0.3, 0.4) is 0 Å². The number of aliphatic hydroxyl groups is 1. The van der Waals surface area contributed by atoms with Gasteiger partial charge >= 0.3 is 6.03 Å². The molecule has 2 amide bonds. The van der Waals surface area contributed by atoms with Crippen LogP contribution in [-0.2, 0) is 11.3 Å². The van der Waals surface area contributed by atoms with E-state index >= 15 is 0 Å². The first-order valence-corrected chi connectivity index (χ1v) is 8.46. The molecule has 1 atom stereocenters. The molecule has 0 radical (unpaired) electrons. The second-order valence-corrected chi connectivity index (χ2v) is 6.19. The number of benzene rings is 2. The van der Waals surface area contributed by atoms with E-state index in [-0.39, 0.29) is 19.2 Å². The summed E-state index contributed by atoms with van der Waals surface area (Å²) in [5, 5.41) is 12.6. The van der Waals surface area contributed by atoms with Crippen molar-refractivity contribution in [3.05, 3.63) is 59.7 Å². The number of aliphatic hydroxyl groups excluding tert-OH is 1. The van der Waals surface area contributed by atoms with Crippen LogP contribution in [0.25, 0.3) is 0 Å². The Labute approximate surface area is 154 Å². The number of carbonyl (C=O) groups is 1. The number of rotatable bonds is 8. The summed E-state index contributed by atoms with van der Waals surface area (Å²) in [5.74, 6) is 0.605. The molecule has 26 heavy (non-hydrogen) atoms. The zero-order valence-corrected chi connectivity index (χ0v) is 15.4. The van der Waals surface area contributed by atoms with Gasteiger partial charge in [0.2, 0.25) is 0 Å². The molecule has 0 bridgehead atoms.